The molecule has 1 heteroatoms. The van der Waals surface area contributed by atoms with Crippen molar-refractivity contribution in [1.29, 1.82) is 0 Å². The Morgan fingerprint density at radius 2 is 1.58 bits per heavy atom. The van der Waals surface area contributed by atoms with E-state index < -0.39 is 0 Å². The summed E-state index contributed by atoms with van der Waals surface area (Å²) in [6, 6.07) is 14.3. The van der Waals surface area contributed by atoms with Crippen LogP contribution in [0.3, 0.4) is 0 Å². The molecular formula is C23H32O. The van der Waals surface area contributed by atoms with Crippen molar-refractivity contribution in [1.82, 2.24) is 0 Å². The molecule has 1 N–H and O–H groups in total. The van der Waals surface area contributed by atoms with Crippen LogP contribution in [0.1, 0.15) is 57.4 Å². The molecule has 0 aromatic heterocycles. The van der Waals surface area contributed by atoms with Gasteiger partial charge in [0.05, 0.1) is 0 Å². The summed E-state index contributed by atoms with van der Waals surface area (Å²) in [4.78, 5) is 0. The third-order valence-corrected chi connectivity index (χ3v) is 3.86. The van der Waals surface area contributed by atoms with E-state index in [-0.39, 0.29) is 12.8 Å². The number of aromatic hydroxyl groups is 1. The Bertz CT molecular complexity index is 669. The Morgan fingerprint density at radius 1 is 1.00 bits per heavy atom. The van der Waals surface area contributed by atoms with Crippen molar-refractivity contribution in [3.05, 3.63) is 64.7 Å². The van der Waals surface area contributed by atoms with Gasteiger partial charge in [-0.15, -0.1) is 12.3 Å². The lowest BCUT2D eigenvalue weighted by atomic mass is 9.82. The van der Waals surface area contributed by atoms with Crippen LogP contribution < -0.4 is 0 Å². The molecule has 0 unspecified atom stereocenters. The van der Waals surface area contributed by atoms with Crippen molar-refractivity contribution in [3.63, 3.8) is 0 Å². The van der Waals surface area contributed by atoms with Crippen molar-refractivity contribution >= 4 is 0 Å². The fourth-order valence-corrected chi connectivity index (χ4v) is 2.69. The molecule has 0 heterocycles. The molecule has 0 bridgehead atoms. The first kappa shape index (κ1) is 21.8. The molecule has 1 nitrogen and oxygen atoms in total. The van der Waals surface area contributed by atoms with Crippen LogP contribution in [0, 0.1) is 19.3 Å². The molecule has 130 valence electrons. The lowest BCUT2D eigenvalue weighted by molar-refractivity contribution is 0.461. The summed E-state index contributed by atoms with van der Waals surface area (Å²) in [5.74, 6) is 2.67. The van der Waals surface area contributed by atoms with Crippen molar-refractivity contribution in [3.8, 4) is 18.1 Å². The maximum absolute atomic E-state index is 10.2. The molecule has 24 heavy (non-hydrogen) atoms. The largest absolute Gasteiger partial charge is 0.508 e. The van der Waals surface area contributed by atoms with E-state index in [0.717, 1.165) is 18.4 Å². The highest BCUT2D eigenvalue weighted by Crippen LogP contribution is 2.32. The number of aryl methyl sites for hydroxylation is 2. The number of benzene rings is 2. The first-order chi connectivity index (χ1) is 10.8. The molecule has 0 atom stereocenters. The van der Waals surface area contributed by atoms with Gasteiger partial charge in [0.25, 0.3) is 0 Å². The number of hydrogen-bond donors (Lipinski definition) is 1. The van der Waals surface area contributed by atoms with E-state index in [0.29, 0.717) is 5.75 Å². The predicted molar refractivity (Wildman–Crippen MR) is 107 cm³/mol. The molecule has 0 fully saturated rings. The fourth-order valence-electron chi connectivity index (χ4n) is 2.69. The van der Waals surface area contributed by atoms with Crippen LogP contribution >= 0.6 is 0 Å². The fraction of sp³-hybridized carbons (Fsp3) is 0.391. The third-order valence-electron chi connectivity index (χ3n) is 3.86. The summed E-state index contributed by atoms with van der Waals surface area (Å²) >= 11 is 0. The van der Waals surface area contributed by atoms with Crippen molar-refractivity contribution < 1.29 is 5.11 Å². The van der Waals surface area contributed by atoms with E-state index in [1.807, 2.05) is 6.07 Å². The van der Waals surface area contributed by atoms with E-state index in [1.54, 1.807) is 13.0 Å². The molecule has 0 saturated heterocycles. The van der Waals surface area contributed by atoms with Crippen LogP contribution in [0.5, 0.6) is 5.75 Å². The summed E-state index contributed by atoms with van der Waals surface area (Å²) in [5, 5.41) is 10.2. The topological polar surface area (TPSA) is 20.2 Å². The van der Waals surface area contributed by atoms with Gasteiger partial charge in [-0.2, -0.15) is 0 Å². The highest BCUT2D eigenvalue weighted by atomic mass is 16.3. The van der Waals surface area contributed by atoms with Gasteiger partial charge in [-0.25, -0.2) is 0 Å². The maximum atomic E-state index is 10.2. The number of hydrogen-bond acceptors (Lipinski definition) is 1. The van der Waals surface area contributed by atoms with E-state index in [9.17, 15) is 5.11 Å². The first-order valence-corrected chi connectivity index (χ1v) is 8.04. The second kappa shape index (κ2) is 9.83. The minimum atomic E-state index is 0. The monoisotopic (exact) mass is 324 g/mol. The Labute approximate surface area is 148 Å². The van der Waals surface area contributed by atoms with Gasteiger partial charge in [-0.3, -0.25) is 0 Å². The smallest absolute Gasteiger partial charge is 0.119 e. The second-order valence-corrected chi connectivity index (χ2v) is 6.77. The Kier molecular flexibility index (Phi) is 8.93. The standard InChI is InChI=1S/C19H24O.C3H4.CH4/c1-14-8-5-6-9-15(14)12-13-16-17(19(2,3)4)10-7-11-18(16)20;1-3-2;/h5-11,20H,12-13H2,1-4H3;1H,2H3;1H4. The normalized spacial score (nSPS) is 10.0. The van der Waals surface area contributed by atoms with Gasteiger partial charge in [0, 0.05) is 0 Å². The van der Waals surface area contributed by atoms with Crippen LogP contribution in [0.15, 0.2) is 42.5 Å². The first-order valence-electron chi connectivity index (χ1n) is 8.04. The van der Waals surface area contributed by atoms with Crippen LogP contribution in [-0.2, 0) is 18.3 Å². The molecule has 0 spiro atoms. The minimum absolute atomic E-state index is 0. The van der Waals surface area contributed by atoms with E-state index in [4.69, 9.17) is 0 Å². The molecule has 0 radical (unpaired) electrons. The van der Waals surface area contributed by atoms with Crippen molar-refractivity contribution in [2.45, 2.75) is 60.3 Å². The lowest BCUT2D eigenvalue weighted by Gasteiger charge is -2.23. The number of phenolic OH excluding ortho intramolecular Hbond substituents is 1. The van der Waals surface area contributed by atoms with Crippen LogP contribution in [0.2, 0.25) is 0 Å². The zero-order valence-electron chi connectivity index (χ0n) is 15.0. The highest BCUT2D eigenvalue weighted by molar-refractivity contribution is 5.43. The Balaban J connectivity index is 0.00000123. The summed E-state index contributed by atoms with van der Waals surface area (Å²) in [6.07, 6.45) is 6.44. The zero-order chi connectivity index (χ0) is 17.5. The van der Waals surface area contributed by atoms with Gasteiger partial charge in [-0.1, -0.05) is 64.6 Å². The van der Waals surface area contributed by atoms with Gasteiger partial charge in [0.15, 0.2) is 0 Å². The highest BCUT2D eigenvalue weighted by Gasteiger charge is 2.19. The molecular weight excluding hydrogens is 292 g/mol. The van der Waals surface area contributed by atoms with Crippen molar-refractivity contribution in [2.75, 3.05) is 0 Å². The lowest BCUT2D eigenvalue weighted by Crippen LogP contribution is -2.14. The van der Waals surface area contributed by atoms with E-state index in [2.05, 4.69) is 70.4 Å². The van der Waals surface area contributed by atoms with Gasteiger partial charge in [0.2, 0.25) is 0 Å². The summed E-state index contributed by atoms with van der Waals surface area (Å²) in [7, 11) is 0. The maximum Gasteiger partial charge on any atom is 0.119 e. The molecule has 0 saturated carbocycles. The summed E-state index contributed by atoms with van der Waals surface area (Å²) in [5.41, 5.74) is 5.06. The Hall–Kier alpha value is -2.20. The number of phenols is 1. The summed E-state index contributed by atoms with van der Waals surface area (Å²) in [6.45, 7) is 10.4. The average molecular weight is 325 g/mol. The summed E-state index contributed by atoms with van der Waals surface area (Å²) < 4.78 is 0. The number of rotatable bonds is 3. The molecule has 2 aromatic rings. The van der Waals surface area contributed by atoms with E-state index >= 15 is 0 Å². The molecule has 2 aromatic carbocycles. The van der Waals surface area contributed by atoms with Gasteiger partial charge >= 0.3 is 0 Å². The zero-order valence-corrected chi connectivity index (χ0v) is 15.0. The quantitative estimate of drug-likeness (QED) is 0.680. The van der Waals surface area contributed by atoms with Gasteiger partial charge in [-0.05, 0) is 60.4 Å². The Morgan fingerprint density at radius 3 is 2.12 bits per heavy atom. The second-order valence-electron chi connectivity index (χ2n) is 6.77. The van der Waals surface area contributed by atoms with Crippen LogP contribution in [0.25, 0.3) is 0 Å². The van der Waals surface area contributed by atoms with E-state index in [1.165, 1.54) is 16.7 Å². The third kappa shape index (κ3) is 6.13. The average Bonchev–Trinajstić information content (AvgIpc) is 2.47. The molecule has 0 aliphatic heterocycles. The molecule has 0 aliphatic rings. The van der Waals surface area contributed by atoms with Gasteiger partial charge in [0.1, 0.15) is 5.75 Å². The van der Waals surface area contributed by atoms with Gasteiger partial charge < -0.3 is 5.11 Å². The van der Waals surface area contributed by atoms with Crippen molar-refractivity contribution in [2.24, 2.45) is 0 Å². The minimum Gasteiger partial charge on any atom is -0.508 e. The van der Waals surface area contributed by atoms with Crippen LogP contribution in [-0.4, -0.2) is 5.11 Å². The molecule has 2 rings (SSSR count). The van der Waals surface area contributed by atoms with Crippen LogP contribution in [0.4, 0.5) is 0 Å². The predicted octanol–water partition coefficient (Wildman–Crippen LogP) is 6.06. The molecule has 0 amide bonds. The number of terminal acetylenes is 1. The SMILES string of the molecule is C.C#CC.Cc1ccccc1CCc1c(O)cccc1C(C)(C)C. The molecule has 0 aliphatic carbocycles.